The average molecular weight is 255 g/mol. The molecule has 2 rings (SSSR count). The van der Waals surface area contributed by atoms with Gasteiger partial charge >= 0.3 is 0 Å². The van der Waals surface area contributed by atoms with Crippen molar-refractivity contribution in [1.29, 1.82) is 0 Å². The molecule has 0 bridgehead atoms. The summed E-state index contributed by atoms with van der Waals surface area (Å²) in [6, 6.07) is 0. The van der Waals surface area contributed by atoms with E-state index < -0.39 is 0 Å². The van der Waals surface area contributed by atoms with Crippen LogP contribution in [0.5, 0.6) is 0 Å². The fourth-order valence-electron chi connectivity index (χ4n) is 1.43. The average Bonchev–Trinajstić information content (AvgIpc) is 2.73. The molecule has 5 nitrogen and oxygen atoms in total. The third kappa shape index (κ3) is 2.94. The van der Waals surface area contributed by atoms with Crippen LogP contribution in [-0.4, -0.2) is 27.4 Å². The molecule has 2 aromatic rings. The lowest BCUT2D eigenvalue weighted by atomic mass is 10.2. The molecule has 0 aromatic carbocycles. The first-order valence-electron chi connectivity index (χ1n) is 5.23. The Labute approximate surface area is 105 Å². The van der Waals surface area contributed by atoms with E-state index in [1.54, 1.807) is 18.7 Å². The number of halogens is 1. The largest absolute Gasteiger partial charge is 0.352 e. The summed E-state index contributed by atoms with van der Waals surface area (Å²) in [4.78, 5) is 22.9. The predicted molar refractivity (Wildman–Crippen MR) is 68.3 cm³/mol. The molecule has 2 heterocycles. The maximum atomic E-state index is 11.9. The van der Waals surface area contributed by atoms with E-state index in [9.17, 15) is 4.79 Å². The maximum absolute atomic E-state index is 11.9. The third-order valence-electron chi connectivity index (χ3n) is 2.25. The normalized spacial score (nSPS) is 10.3. The van der Waals surface area contributed by atoms with Gasteiger partial charge in [-0.05, 0) is 5.92 Å². The Balaban J connectivity index is 0.00000144. The van der Waals surface area contributed by atoms with Crippen molar-refractivity contribution >= 4 is 29.3 Å². The zero-order valence-corrected chi connectivity index (χ0v) is 10.5. The summed E-state index contributed by atoms with van der Waals surface area (Å²) in [6.45, 7) is 4.76. The quantitative estimate of drug-likeness (QED) is 0.877. The van der Waals surface area contributed by atoms with Crippen LogP contribution in [0, 0.1) is 5.92 Å². The van der Waals surface area contributed by atoms with Gasteiger partial charge in [0.25, 0.3) is 5.91 Å². The van der Waals surface area contributed by atoms with Gasteiger partial charge in [-0.15, -0.1) is 12.4 Å². The fraction of sp³-hybridized carbons (Fsp3) is 0.364. The summed E-state index contributed by atoms with van der Waals surface area (Å²) in [5.41, 5.74) is 1.98. The van der Waals surface area contributed by atoms with Gasteiger partial charge in [-0.1, -0.05) is 13.8 Å². The van der Waals surface area contributed by atoms with Gasteiger partial charge in [0.05, 0.1) is 23.6 Å². The number of carbonyl (C=O) groups excluding carboxylic acids is 1. The number of aromatic amines is 1. The summed E-state index contributed by atoms with van der Waals surface area (Å²) < 4.78 is 0. The van der Waals surface area contributed by atoms with Gasteiger partial charge < -0.3 is 10.3 Å². The van der Waals surface area contributed by atoms with E-state index >= 15 is 0 Å². The number of hydrogen-bond acceptors (Lipinski definition) is 3. The minimum absolute atomic E-state index is 0. The first kappa shape index (κ1) is 13.4. The third-order valence-corrected chi connectivity index (χ3v) is 2.25. The smallest absolute Gasteiger partial charge is 0.255 e. The van der Waals surface area contributed by atoms with Gasteiger partial charge in [-0.3, -0.25) is 9.78 Å². The van der Waals surface area contributed by atoms with Crippen molar-refractivity contribution in [3.63, 3.8) is 0 Å². The van der Waals surface area contributed by atoms with Crippen LogP contribution in [0.4, 0.5) is 0 Å². The predicted octanol–water partition coefficient (Wildman–Crippen LogP) is 1.77. The molecule has 6 heteroatoms. The highest BCUT2D eigenvalue weighted by Gasteiger charge is 2.11. The Hall–Kier alpha value is -1.62. The second-order valence-electron chi connectivity index (χ2n) is 4.09. The van der Waals surface area contributed by atoms with Crippen LogP contribution >= 0.6 is 12.4 Å². The molecule has 0 saturated carbocycles. The second-order valence-corrected chi connectivity index (χ2v) is 4.09. The van der Waals surface area contributed by atoms with Crippen LogP contribution in [0.15, 0.2) is 18.7 Å². The van der Waals surface area contributed by atoms with E-state index in [0.717, 1.165) is 5.52 Å². The van der Waals surface area contributed by atoms with Gasteiger partial charge in [-0.25, -0.2) is 4.98 Å². The highest BCUT2D eigenvalue weighted by atomic mass is 35.5. The first-order chi connectivity index (χ1) is 7.68. The van der Waals surface area contributed by atoms with Gasteiger partial charge in [0.2, 0.25) is 0 Å². The monoisotopic (exact) mass is 254 g/mol. The molecule has 0 aliphatic rings. The van der Waals surface area contributed by atoms with E-state index in [1.165, 1.54) is 0 Å². The number of imidazole rings is 1. The molecule has 0 atom stereocenters. The number of nitrogens with zero attached hydrogens (tertiary/aromatic N) is 2. The van der Waals surface area contributed by atoms with Crippen molar-refractivity contribution in [3.05, 3.63) is 24.3 Å². The molecule has 92 valence electrons. The lowest BCUT2D eigenvalue weighted by Crippen LogP contribution is -2.27. The van der Waals surface area contributed by atoms with E-state index in [2.05, 4.69) is 34.1 Å². The number of rotatable bonds is 3. The Morgan fingerprint density at radius 2 is 2.24 bits per heavy atom. The van der Waals surface area contributed by atoms with Crippen molar-refractivity contribution in [3.8, 4) is 0 Å². The highest BCUT2D eigenvalue weighted by molar-refractivity contribution is 6.04. The summed E-state index contributed by atoms with van der Waals surface area (Å²) in [5.74, 6) is 0.314. The van der Waals surface area contributed by atoms with Crippen molar-refractivity contribution < 1.29 is 4.79 Å². The number of nitrogens with one attached hydrogen (secondary N) is 2. The molecule has 1 amide bonds. The van der Waals surface area contributed by atoms with Crippen molar-refractivity contribution in [1.82, 2.24) is 20.3 Å². The van der Waals surface area contributed by atoms with E-state index in [1.807, 2.05) is 0 Å². The minimum atomic E-state index is -0.115. The van der Waals surface area contributed by atoms with Crippen LogP contribution in [0.1, 0.15) is 24.2 Å². The topological polar surface area (TPSA) is 70.7 Å². The Morgan fingerprint density at radius 3 is 2.94 bits per heavy atom. The van der Waals surface area contributed by atoms with E-state index in [4.69, 9.17) is 0 Å². The van der Waals surface area contributed by atoms with Crippen molar-refractivity contribution in [2.24, 2.45) is 5.92 Å². The number of hydrogen-bond donors (Lipinski definition) is 2. The van der Waals surface area contributed by atoms with Crippen LogP contribution in [0.25, 0.3) is 11.0 Å². The Morgan fingerprint density at radius 1 is 1.47 bits per heavy atom. The highest BCUT2D eigenvalue weighted by Crippen LogP contribution is 2.12. The number of aromatic nitrogens is 3. The number of fused-ring (bicyclic) bond motifs is 1. The van der Waals surface area contributed by atoms with Gasteiger partial charge in [-0.2, -0.15) is 0 Å². The summed E-state index contributed by atoms with van der Waals surface area (Å²) in [5, 5.41) is 2.85. The molecule has 2 aromatic heterocycles. The molecule has 0 aliphatic carbocycles. The van der Waals surface area contributed by atoms with Crippen LogP contribution in [0.3, 0.4) is 0 Å². The van der Waals surface area contributed by atoms with Crippen LogP contribution in [0.2, 0.25) is 0 Å². The van der Waals surface area contributed by atoms with Crippen LogP contribution in [-0.2, 0) is 0 Å². The molecule has 17 heavy (non-hydrogen) atoms. The van der Waals surface area contributed by atoms with Gasteiger partial charge in [0.15, 0.2) is 0 Å². The fourth-order valence-corrected chi connectivity index (χ4v) is 1.43. The molecular weight excluding hydrogens is 240 g/mol. The standard InChI is InChI=1S/C11H14N4O.ClH/c1-7(2)3-13-11(16)8-4-12-5-9-10(8)15-6-14-9;/h4-7H,3H2,1-2H3,(H,13,16)(H,14,15);1H. The van der Waals surface area contributed by atoms with Crippen LogP contribution < -0.4 is 5.32 Å². The lowest BCUT2D eigenvalue weighted by molar-refractivity contribution is 0.0950. The Kier molecular flexibility index (Phi) is 4.45. The summed E-state index contributed by atoms with van der Waals surface area (Å²) in [6.07, 6.45) is 4.74. The molecule has 2 N–H and O–H groups in total. The first-order valence-corrected chi connectivity index (χ1v) is 5.23. The summed E-state index contributed by atoms with van der Waals surface area (Å²) in [7, 11) is 0. The van der Waals surface area contributed by atoms with Gasteiger partial charge in [0.1, 0.15) is 5.52 Å². The minimum Gasteiger partial charge on any atom is -0.352 e. The van der Waals surface area contributed by atoms with E-state index in [0.29, 0.717) is 23.5 Å². The number of pyridine rings is 1. The molecule has 0 radical (unpaired) electrons. The maximum Gasteiger partial charge on any atom is 0.255 e. The zero-order chi connectivity index (χ0) is 11.5. The molecule has 0 fully saturated rings. The SMILES string of the molecule is CC(C)CNC(=O)c1cncc2nc[nH]c12.Cl. The van der Waals surface area contributed by atoms with E-state index in [-0.39, 0.29) is 18.3 Å². The summed E-state index contributed by atoms with van der Waals surface area (Å²) >= 11 is 0. The van der Waals surface area contributed by atoms with Crippen molar-refractivity contribution in [2.75, 3.05) is 6.54 Å². The Bertz CT molecular complexity index is 509. The number of amides is 1. The molecule has 0 spiro atoms. The molecular formula is C11H15ClN4O. The molecule has 0 aliphatic heterocycles. The number of H-pyrrole nitrogens is 1. The van der Waals surface area contributed by atoms with Gasteiger partial charge in [0, 0.05) is 12.7 Å². The lowest BCUT2D eigenvalue weighted by Gasteiger charge is -2.07. The zero-order valence-electron chi connectivity index (χ0n) is 9.73. The molecule has 0 saturated heterocycles. The second kappa shape index (κ2) is 5.63. The number of carbonyl (C=O) groups is 1. The molecule has 0 unspecified atom stereocenters. The van der Waals surface area contributed by atoms with Crippen molar-refractivity contribution in [2.45, 2.75) is 13.8 Å².